The molecule has 0 saturated heterocycles. The van der Waals surface area contributed by atoms with Crippen molar-refractivity contribution in [3.63, 3.8) is 0 Å². The van der Waals surface area contributed by atoms with Crippen molar-refractivity contribution < 1.29 is 9.53 Å². The maximum Gasteiger partial charge on any atom is 0.316 e. The fourth-order valence-corrected chi connectivity index (χ4v) is 4.96. The highest BCUT2D eigenvalue weighted by Gasteiger charge is 2.29. The number of unbranched alkanes of at least 4 members (excludes halogenated alkanes) is 1. The minimum Gasteiger partial charge on any atom is -0.465 e. The average Bonchev–Trinajstić information content (AvgIpc) is 3.46. The Kier molecular flexibility index (Phi) is 5.82. The molecule has 0 bridgehead atoms. The molecule has 5 nitrogen and oxygen atoms in total. The molecule has 2 aromatic heterocycles. The van der Waals surface area contributed by atoms with E-state index in [1.807, 2.05) is 30.3 Å². The summed E-state index contributed by atoms with van der Waals surface area (Å²) in [4.78, 5) is 31.0. The van der Waals surface area contributed by atoms with Gasteiger partial charge in [0.05, 0.1) is 23.4 Å². The second-order valence-electron chi connectivity index (χ2n) is 6.88. The van der Waals surface area contributed by atoms with Gasteiger partial charge < -0.3 is 4.74 Å². The van der Waals surface area contributed by atoms with E-state index in [2.05, 4.69) is 12.3 Å². The Labute approximate surface area is 171 Å². The van der Waals surface area contributed by atoms with Gasteiger partial charge in [-0.05, 0) is 48.3 Å². The highest BCUT2D eigenvalue weighted by molar-refractivity contribution is 7.99. The van der Waals surface area contributed by atoms with Crippen LogP contribution in [0.25, 0.3) is 15.9 Å². The number of para-hydroxylation sites is 1. The SMILES string of the molecule is CCCCOC(=O)CSc1nc2scc(C3CC3)c2c(=O)n1-c1ccccc1. The Hall–Kier alpha value is -2.12. The molecule has 0 atom stereocenters. The molecule has 0 N–H and O–H groups in total. The molecule has 146 valence electrons. The van der Waals surface area contributed by atoms with Crippen LogP contribution in [0, 0.1) is 0 Å². The maximum atomic E-state index is 13.4. The molecular formula is C21H22N2O3S2. The highest BCUT2D eigenvalue weighted by atomic mass is 32.2. The first kappa shape index (κ1) is 19.2. The molecule has 0 radical (unpaired) electrons. The second-order valence-corrected chi connectivity index (χ2v) is 8.68. The van der Waals surface area contributed by atoms with Gasteiger partial charge in [0.1, 0.15) is 4.83 Å². The first-order valence-electron chi connectivity index (χ1n) is 9.57. The zero-order valence-electron chi connectivity index (χ0n) is 15.7. The third kappa shape index (κ3) is 4.00. The van der Waals surface area contributed by atoms with E-state index in [1.165, 1.54) is 23.1 Å². The summed E-state index contributed by atoms with van der Waals surface area (Å²) in [6, 6.07) is 9.49. The third-order valence-corrected chi connectivity index (χ3v) is 6.52. The van der Waals surface area contributed by atoms with Crippen LogP contribution < -0.4 is 5.56 Å². The van der Waals surface area contributed by atoms with Gasteiger partial charge in [-0.3, -0.25) is 14.2 Å². The highest BCUT2D eigenvalue weighted by Crippen LogP contribution is 2.44. The number of benzene rings is 1. The standard InChI is InChI=1S/C21H22N2O3S2/c1-2-3-11-26-17(24)13-28-21-22-19-18(16(12-27-19)14-9-10-14)20(25)23(21)15-7-5-4-6-8-15/h4-8,12,14H,2-3,9-11,13H2,1H3. The summed E-state index contributed by atoms with van der Waals surface area (Å²) in [5, 5.41) is 3.33. The second kappa shape index (κ2) is 8.49. The van der Waals surface area contributed by atoms with Crippen molar-refractivity contribution >= 4 is 39.3 Å². The Balaban J connectivity index is 1.70. The van der Waals surface area contributed by atoms with E-state index in [-0.39, 0.29) is 17.3 Å². The molecule has 1 aliphatic carbocycles. The summed E-state index contributed by atoms with van der Waals surface area (Å²) in [7, 11) is 0. The summed E-state index contributed by atoms with van der Waals surface area (Å²) in [6.45, 7) is 2.49. The first-order valence-corrected chi connectivity index (χ1v) is 11.4. The summed E-state index contributed by atoms with van der Waals surface area (Å²) in [6.07, 6.45) is 4.11. The fraction of sp³-hybridized carbons (Fsp3) is 0.381. The molecule has 2 heterocycles. The van der Waals surface area contributed by atoms with E-state index < -0.39 is 0 Å². The molecule has 1 fully saturated rings. The average molecular weight is 415 g/mol. The maximum absolute atomic E-state index is 13.4. The number of aromatic nitrogens is 2. The molecule has 0 unspecified atom stereocenters. The van der Waals surface area contributed by atoms with Crippen molar-refractivity contribution in [3.05, 3.63) is 51.6 Å². The van der Waals surface area contributed by atoms with Gasteiger partial charge in [0.25, 0.3) is 5.56 Å². The molecule has 0 spiro atoms. The van der Waals surface area contributed by atoms with Crippen LogP contribution in [-0.4, -0.2) is 27.9 Å². The van der Waals surface area contributed by atoms with Crippen LogP contribution in [0.5, 0.6) is 0 Å². The van der Waals surface area contributed by atoms with Crippen molar-refractivity contribution in [1.29, 1.82) is 0 Å². The van der Waals surface area contributed by atoms with Crippen molar-refractivity contribution in [1.82, 2.24) is 9.55 Å². The monoisotopic (exact) mass is 414 g/mol. The van der Waals surface area contributed by atoms with Gasteiger partial charge in [0.15, 0.2) is 5.16 Å². The van der Waals surface area contributed by atoms with Crippen molar-refractivity contribution in [2.75, 3.05) is 12.4 Å². The Morgan fingerprint density at radius 3 is 2.82 bits per heavy atom. The number of esters is 1. The number of fused-ring (bicyclic) bond motifs is 1. The van der Waals surface area contributed by atoms with Crippen LogP contribution in [0.3, 0.4) is 0 Å². The largest absolute Gasteiger partial charge is 0.465 e. The number of thioether (sulfide) groups is 1. The lowest BCUT2D eigenvalue weighted by Gasteiger charge is -2.12. The van der Waals surface area contributed by atoms with Crippen LogP contribution in [-0.2, 0) is 9.53 Å². The molecule has 1 aliphatic rings. The van der Waals surface area contributed by atoms with Gasteiger partial charge in [0.2, 0.25) is 0 Å². The molecule has 0 aliphatic heterocycles. The number of ether oxygens (including phenoxy) is 1. The topological polar surface area (TPSA) is 61.2 Å². The van der Waals surface area contributed by atoms with E-state index >= 15 is 0 Å². The summed E-state index contributed by atoms with van der Waals surface area (Å²) in [5.41, 5.74) is 1.83. The lowest BCUT2D eigenvalue weighted by molar-refractivity contribution is -0.140. The number of carbonyl (C=O) groups is 1. The van der Waals surface area contributed by atoms with Crippen LogP contribution in [0.15, 0.2) is 45.7 Å². The molecular weight excluding hydrogens is 392 g/mol. The molecule has 28 heavy (non-hydrogen) atoms. The van der Waals surface area contributed by atoms with E-state index in [9.17, 15) is 9.59 Å². The van der Waals surface area contributed by atoms with Gasteiger partial charge in [-0.2, -0.15) is 0 Å². The van der Waals surface area contributed by atoms with Gasteiger partial charge in [-0.15, -0.1) is 11.3 Å². The van der Waals surface area contributed by atoms with Crippen LogP contribution in [0.2, 0.25) is 0 Å². The predicted octanol–water partition coefficient (Wildman–Crippen LogP) is 4.76. The molecule has 7 heteroatoms. The van der Waals surface area contributed by atoms with Crippen LogP contribution in [0.1, 0.15) is 44.1 Å². The number of hydrogen-bond donors (Lipinski definition) is 0. The number of carbonyl (C=O) groups excluding carboxylic acids is 1. The molecule has 3 aromatic rings. The molecule has 4 rings (SSSR count). The zero-order valence-corrected chi connectivity index (χ0v) is 17.4. The third-order valence-electron chi connectivity index (χ3n) is 4.72. The van der Waals surface area contributed by atoms with Gasteiger partial charge in [-0.1, -0.05) is 43.3 Å². The van der Waals surface area contributed by atoms with Crippen molar-refractivity contribution in [2.24, 2.45) is 0 Å². The van der Waals surface area contributed by atoms with Crippen molar-refractivity contribution in [2.45, 2.75) is 43.7 Å². The zero-order chi connectivity index (χ0) is 19.5. The van der Waals surface area contributed by atoms with Gasteiger partial charge in [-0.25, -0.2) is 4.98 Å². The van der Waals surface area contributed by atoms with Crippen LogP contribution >= 0.6 is 23.1 Å². The molecule has 1 aromatic carbocycles. The van der Waals surface area contributed by atoms with Crippen LogP contribution in [0.4, 0.5) is 0 Å². The number of nitrogens with zero attached hydrogens (tertiary/aromatic N) is 2. The van der Waals surface area contributed by atoms with E-state index in [1.54, 1.807) is 4.57 Å². The van der Waals surface area contributed by atoms with E-state index in [0.29, 0.717) is 17.7 Å². The van der Waals surface area contributed by atoms with E-state index in [0.717, 1.165) is 47.2 Å². The summed E-state index contributed by atoms with van der Waals surface area (Å²) >= 11 is 2.77. The van der Waals surface area contributed by atoms with Gasteiger partial charge >= 0.3 is 5.97 Å². The minimum absolute atomic E-state index is 0.0544. The normalized spacial score (nSPS) is 13.8. The smallest absolute Gasteiger partial charge is 0.316 e. The Morgan fingerprint density at radius 2 is 2.11 bits per heavy atom. The Morgan fingerprint density at radius 1 is 1.32 bits per heavy atom. The lowest BCUT2D eigenvalue weighted by Crippen LogP contribution is -2.22. The quantitative estimate of drug-likeness (QED) is 0.230. The molecule has 0 amide bonds. The number of hydrogen-bond acceptors (Lipinski definition) is 6. The number of thiophene rings is 1. The van der Waals surface area contributed by atoms with E-state index in [4.69, 9.17) is 9.72 Å². The first-order chi connectivity index (χ1) is 13.7. The van der Waals surface area contributed by atoms with Crippen molar-refractivity contribution in [3.8, 4) is 5.69 Å². The number of rotatable bonds is 8. The fourth-order valence-electron chi connectivity index (χ4n) is 3.09. The lowest BCUT2D eigenvalue weighted by atomic mass is 10.1. The van der Waals surface area contributed by atoms with Gasteiger partial charge in [0, 0.05) is 0 Å². The summed E-state index contributed by atoms with van der Waals surface area (Å²) in [5.74, 6) is 0.340. The minimum atomic E-state index is -0.280. The predicted molar refractivity (Wildman–Crippen MR) is 114 cm³/mol. The molecule has 1 saturated carbocycles. The summed E-state index contributed by atoms with van der Waals surface area (Å²) < 4.78 is 6.87. The Bertz CT molecular complexity index is 1040.